The van der Waals surface area contributed by atoms with Crippen LogP contribution in [0.3, 0.4) is 0 Å². The molecule has 0 saturated carbocycles. The predicted molar refractivity (Wildman–Crippen MR) is 92.1 cm³/mol. The number of nitrogens with two attached hydrogens (primary N) is 1. The van der Waals surface area contributed by atoms with Gasteiger partial charge in [-0.1, -0.05) is 18.2 Å². The Morgan fingerprint density at radius 2 is 1.91 bits per heavy atom. The summed E-state index contributed by atoms with van der Waals surface area (Å²) in [6.07, 6.45) is 0.857. The van der Waals surface area contributed by atoms with Crippen molar-refractivity contribution in [2.24, 2.45) is 0 Å². The van der Waals surface area contributed by atoms with E-state index in [-0.39, 0.29) is 6.54 Å². The van der Waals surface area contributed by atoms with Crippen molar-refractivity contribution >= 4 is 17.7 Å². The van der Waals surface area contributed by atoms with E-state index in [1.54, 1.807) is 6.07 Å². The third kappa shape index (κ3) is 5.00. The zero-order valence-corrected chi connectivity index (χ0v) is 13.3. The van der Waals surface area contributed by atoms with Crippen LogP contribution in [0.4, 0.5) is 11.4 Å². The highest BCUT2D eigenvalue weighted by Crippen LogP contribution is 2.30. The Balaban J connectivity index is 2.18. The lowest BCUT2D eigenvalue weighted by atomic mass is 10.2. The van der Waals surface area contributed by atoms with E-state index in [1.807, 2.05) is 54.3 Å². The zero-order valence-electron chi connectivity index (χ0n) is 13.3. The Kier molecular flexibility index (Phi) is 6.44. The lowest BCUT2D eigenvalue weighted by molar-refractivity contribution is -0.106. The lowest BCUT2D eigenvalue weighted by Gasteiger charge is -2.24. The summed E-state index contributed by atoms with van der Waals surface area (Å²) in [7, 11) is 0. The van der Waals surface area contributed by atoms with Crippen molar-refractivity contribution in [2.75, 3.05) is 36.9 Å². The van der Waals surface area contributed by atoms with Crippen molar-refractivity contribution in [3.05, 3.63) is 48.5 Å². The molecule has 0 aliphatic rings. The summed E-state index contributed by atoms with van der Waals surface area (Å²) >= 11 is 0. The summed E-state index contributed by atoms with van der Waals surface area (Å²) < 4.78 is 11.2. The molecule has 5 heteroatoms. The van der Waals surface area contributed by atoms with Gasteiger partial charge in [0.25, 0.3) is 0 Å². The van der Waals surface area contributed by atoms with Gasteiger partial charge in [0.15, 0.2) is 0 Å². The number of nitrogens with zero attached hydrogens (tertiary/aromatic N) is 1. The Hall–Kier alpha value is -2.53. The van der Waals surface area contributed by atoms with Crippen molar-refractivity contribution in [2.45, 2.75) is 6.92 Å². The molecule has 2 N–H and O–H groups in total. The zero-order chi connectivity index (χ0) is 16.5. The number of ether oxygens (including phenoxy) is 2. The smallest absolute Gasteiger partial charge is 0.139 e. The number of hydrogen-bond acceptors (Lipinski definition) is 5. The van der Waals surface area contributed by atoms with Crippen LogP contribution >= 0.6 is 0 Å². The Morgan fingerprint density at radius 3 is 2.61 bits per heavy atom. The van der Waals surface area contributed by atoms with Gasteiger partial charge in [0.1, 0.15) is 17.8 Å². The highest BCUT2D eigenvalue weighted by atomic mass is 16.5. The molecule has 0 aliphatic carbocycles. The lowest BCUT2D eigenvalue weighted by Crippen LogP contribution is -2.30. The van der Waals surface area contributed by atoms with Crippen LogP contribution < -0.4 is 15.4 Å². The molecule has 0 saturated heterocycles. The van der Waals surface area contributed by atoms with E-state index in [0.717, 1.165) is 17.7 Å². The molecular formula is C18H22N2O3. The third-order valence-corrected chi connectivity index (χ3v) is 3.33. The first-order chi connectivity index (χ1) is 11.2. The predicted octanol–water partition coefficient (Wildman–Crippen LogP) is 3.10. The third-order valence-electron chi connectivity index (χ3n) is 3.33. The average molecular weight is 314 g/mol. The van der Waals surface area contributed by atoms with Crippen LogP contribution in [0.5, 0.6) is 11.5 Å². The van der Waals surface area contributed by atoms with E-state index >= 15 is 0 Å². The molecule has 0 spiro atoms. The van der Waals surface area contributed by atoms with Gasteiger partial charge in [-0.15, -0.1) is 0 Å². The van der Waals surface area contributed by atoms with E-state index < -0.39 is 0 Å². The van der Waals surface area contributed by atoms with Crippen molar-refractivity contribution in [3.8, 4) is 11.5 Å². The maximum absolute atomic E-state index is 11.0. The molecular weight excluding hydrogens is 292 g/mol. The maximum atomic E-state index is 11.0. The SMILES string of the molecule is CCOCCN(CC=O)c1cc(Oc2ccccc2)ccc1N. The molecule has 5 nitrogen and oxygen atoms in total. The minimum atomic E-state index is 0.256. The van der Waals surface area contributed by atoms with Gasteiger partial charge < -0.3 is 24.9 Å². The van der Waals surface area contributed by atoms with Crippen molar-refractivity contribution < 1.29 is 14.3 Å². The molecule has 0 unspecified atom stereocenters. The van der Waals surface area contributed by atoms with Crippen molar-refractivity contribution in [3.63, 3.8) is 0 Å². The van der Waals surface area contributed by atoms with Crippen LogP contribution in [-0.4, -0.2) is 32.6 Å². The Morgan fingerprint density at radius 1 is 1.13 bits per heavy atom. The maximum Gasteiger partial charge on any atom is 0.139 e. The van der Waals surface area contributed by atoms with Gasteiger partial charge in [-0.05, 0) is 31.2 Å². The number of rotatable bonds is 9. The average Bonchev–Trinajstić information content (AvgIpc) is 2.57. The first-order valence-corrected chi connectivity index (χ1v) is 7.63. The molecule has 0 aromatic heterocycles. The second-order valence-corrected chi connectivity index (χ2v) is 4.95. The molecule has 2 aromatic rings. The molecule has 0 radical (unpaired) electrons. The van der Waals surface area contributed by atoms with Gasteiger partial charge in [-0.25, -0.2) is 0 Å². The van der Waals surface area contributed by atoms with Crippen molar-refractivity contribution in [1.29, 1.82) is 0 Å². The summed E-state index contributed by atoms with van der Waals surface area (Å²) in [5.41, 5.74) is 7.43. The summed E-state index contributed by atoms with van der Waals surface area (Å²) in [4.78, 5) is 12.8. The molecule has 0 fully saturated rings. The van der Waals surface area contributed by atoms with Crippen molar-refractivity contribution in [1.82, 2.24) is 0 Å². The second-order valence-electron chi connectivity index (χ2n) is 4.95. The van der Waals surface area contributed by atoms with Crippen LogP contribution in [0.15, 0.2) is 48.5 Å². The number of anilines is 2. The quantitative estimate of drug-likeness (QED) is 0.438. The molecule has 2 aromatic carbocycles. The van der Waals surface area contributed by atoms with Gasteiger partial charge in [0.2, 0.25) is 0 Å². The molecule has 23 heavy (non-hydrogen) atoms. The standard InChI is InChI=1S/C18H22N2O3/c1-2-22-13-11-20(10-12-21)18-14-16(8-9-17(18)19)23-15-6-4-3-5-7-15/h3-9,12,14H,2,10-11,13,19H2,1H3. The normalized spacial score (nSPS) is 10.3. The van der Waals surface area contributed by atoms with E-state index in [0.29, 0.717) is 31.2 Å². The highest BCUT2D eigenvalue weighted by Gasteiger charge is 2.11. The van der Waals surface area contributed by atoms with E-state index in [2.05, 4.69) is 0 Å². The molecule has 0 atom stereocenters. The van der Waals surface area contributed by atoms with Gasteiger partial charge in [-0.3, -0.25) is 0 Å². The summed E-state index contributed by atoms with van der Waals surface area (Å²) in [5.74, 6) is 1.42. The summed E-state index contributed by atoms with van der Waals surface area (Å²) in [6, 6.07) is 15.0. The molecule has 0 aliphatic heterocycles. The number of carbonyl (C=O) groups is 1. The molecule has 0 bridgehead atoms. The number of benzene rings is 2. The topological polar surface area (TPSA) is 64.8 Å². The van der Waals surface area contributed by atoms with Crippen LogP contribution in [-0.2, 0) is 9.53 Å². The first-order valence-electron chi connectivity index (χ1n) is 7.63. The molecule has 122 valence electrons. The Bertz CT molecular complexity index is 617. The van der Waals surface area contributed by atoms with E-state index in [4.69, 9.17) is 15.2 Å². The number of hydrogen-bond donors (Lipinski definition) is 1. The number of aldehydes is 1. The molecule has 0 heterocycles. The van der Waals surface area contributed by atoms with Crippen LogP contribution in [0, 0.1) is 0 Å². The Labute approximate surface area is 136 Å². The molecule has 2 rings (SSSR count). The monoisotopic (exact) mass is 314 g/mol. The fraction of sp³-hybridized carbons (Fsp3) is 0.278. The van der Waals surface area contributed by atoms with Gasteiger partial charge >= 0.3 is 0 Å². The summed E-state index contributed by atoms with van der Waals surface area (Å²) in [6.45, 7) is 3.96. The number of nitrogen functional groups attached to an aromatic ring is 1. The van der Waals surface area contributed by atoms with Crippen LogP contribution in [0.1, 0.15) is 6.92 Å². The highest BCUT2D eigenvalue weighted by molar-refractivity contribution is 5.73. The minimum Gasteiger partial charge on any atom is -0.457 e. The van der Waals surface area contributed by atoms with Crippen LogP contribution in [0.25, 0.3) is 0 Å². The largest absolute Gasteiger partial charge is 0.457 e. The fourth-order valence-electron chi connectivity index (χ4n) is 2.20. The molecule has 0 amide bonds. The van der Waals surface area contributed by atoms with E-state index in [9.17, 15) is 4.79 Å². The van der Waals surface area contributed by atoms with Gasteiger partial charge in [-0.2, -0.15) is 0 Å². The second kappa shape index (κ2) is 8.80. The van der Waals surface area contributed by atoms with E-state index in [1.165, 1.54) is 0 Å². The summed E-state index contributed by atoms with van der Waals surface area (Å²) in [5, 5.41) is 0. The minimum absolute atomic E-state index is 0.256. The van der Waals surface area contributed by atoms with Crippen LogP contribution in [0.2, 0.25) is 0 Å². The fourth-order valence-corrected chi connectivity index (χ4v) is 2.20. The van der Waals surface area contributed by atoms with Gasteiger partial charge in [0.05, 0.1) is 24.5 Å². The number of carbonyl (C=O) groups excluding carboxylic acids is 1. The first kappa shape index (κ1) is 16.8. The van der Waals surface area contributed by atoms with Gasteiger partial charge in [0, 0.05) is 19.2 Å². The number of para-hydroxylation sites is 1.